The summed E-state index contributed by atoms with van der Waals surface area (Å²) in [6.45, 7) is 8.17. The number of hydrogen-bond donors (Lipinski definition) is 5. The number of carbonyl (C=O) groups excluding carboxylic acids is 1. The van der Waals surface area contributed by atoms with Gasteiger partial charge in [0.15, 0.2) is 8.32 Å². The topological polar surface area (TPSA) is 110 Å². The van der Waals surface area contributed by atoms with Gasteiger partial charge >= 0.3 is 0 Å². The molecule has 0 aromatic rings. The minimum absolute atomic E-state index is 0.00535. The predicted octanol–water partition coefficient (Wildman–Crippen LogP) is 4.12. The van der Waals surface area contributed by atoms with Crippen LogP contribution in [0, 0.1) is 23.7 Å². The minimum Gasteiger partial charge on any atom is -0.432 e. The number of hydrazine groups is 1. The van der Waals surface area contributed by atoms with Gasteiger partial charge < -0.3 is 20.2 Å². The lowest BCUT2D eigenvalue weighted by molar-refractivity contribution is -0.121. The second-order valence-electron chi connectivity index (χ2n) is 15.7. The lowest BCUT2D eigenvalue weighted by Crippen LogP contribution is -2.55. The third kappa shape index (κ3) is 7.43. The van der Waals surface area contributed by atoms with Gasteiger partial charge in [-0.05, 0) is 120 Å². The van der Waals surface area contributed by atoms with Crippen LogP contribution >= 0.6 is 11.6 Å². The van der Waals surface area contributed by atoms with E-state index in [0.29, 0.717) is 47.7 Å². The molecule has 3 aliphatic heterocycles. The summed E-state index contributed by atoms with van der Waals surface area (Å²) < 4.78 is 5.90. The molecule has 11 heteroatoms. The van der Waals surface area contributed by atoms with E-state index in [1.807, 2.05) is 7.11 Å². The number of rotatable bonds is 8. The van der Waals surface area contributed by atoms with Crippen LogP contribution in [0.4, 0.5) is 0 Å². The lowest BCUT2D eigenvalue weighted by atomic mass is 9.72. The number of fused-ring (bicyclic) bond motifs is 4. The molecule has 1 amide bonds. The van der Waals surface area contributed by atoms with Gasteiger partial charge in [-0.1, -0.05) is 6.42 Å². The van der Waals surface area contributed by atoms with Crippen LogP contribution in [0.25, 0.3) is 0 Å². The van der Waals surface area contributed by atoms with Crippen LogP contribution in [-0.2, 0) is 9.53 Å². The Kier molecular flexibility index (Phi) is 10.8. The molecule has 250 valence electrons. The van der Waals surface area contributed by atoms with Crippen molar-refractivity contribution in [2.45, 2.75) is 151 Å². The van der Waals surface area contributed by atoms with E-state index in [1.54, 1.807) is 0 Å². The minimum atomic E-state index is -2.07. The van der Waals surface area contributed by atoms with E-state index in [-0.39, 0.29) is 35.8 Å². The van der Waals surface area contributed by atoms with Crippen LogP contribution in [0.15, 0.2) is 4.99 Å². The van der Waals surface area contributed by atoms with Crippen molar-refractivity contribution in [1.29, 1.82) is 0 Å². The average Bonchev–Trinajstić information content (AvgIpc) is 3.33. The van der Waals surface area contributed by atoms with Gasteiger partial charge in [-0.2, -0.15) is 0 Å². The number of methoxy groups -OCH3 is 1. The van der Waals surface area contributed by atoms with Gasteiger partial charge in [-0.3, -0.25) is 14.7 Å². The molecule has 0 aromatic carbocycles. The Morgan fingerprint density at radius 1 is 1.09 bits per heavy atom. The highest BCUT2D eigenvalue weighted by Gasteiger charge is 2.50. The molecular weight excluding hydrogens is 592 g/mol. The Labute approximate surface area is 271 Å². The maximum atomic E-state index is 13.5. The van der Waals surface area contributed by atoms with Crippen LogP contribution in [0.1, 0.15) is 90.4 Å². The fraction of sp³-hybridized carbons (Fsp3) is 0.939. The molecule has 5 fully saturated rings. The van der Waals surface area contributed by atoms with Crippen LogP contribution in [0.2, 0.25) is 18.6 Å². The Morgan fingerprint density at radius 3 is 2.64 bits per heavy atom. The highest BCUT2D eigenvalue weighted by Crippen LogP contribution is 2.43. The third-order valence-corrected chi connectivity index (χ3v) is 15.4. The van der Waals surface area contributed by atoms with Crippen LogP contribution in [-0.4, -0.2) is 91.8 Å². The van der Waals surface area contributed by atoms with Crippen LogP contribution in [0.3, 0.4) is 0 Å². The molecule has 3 aliphatic carbocycles. The molecule has 0 radical (unpaired) electrons. The standard InChI is InChI=1S/C33H59ClN6O3Si/c1-20-38-39-33-29(18-31(41)35-14-13-21-15-23-7-11-26(44(3,4)42)17-28(23)36-19-21)37-32(22-5-8-24(34)9-6-22)27-16-25(43-2)10-12-30(27)40(20)33/h20-30,33,36,38-39,42H,5-19H2,1-4H3,(H,35,41)/t20?,21?,22?,23?,24?,25?,26?,27?,28?,29-,30?,33?/m0/s1. The quantitative estimate of drug-likeness (QED) is 0.199. The first-order valence-corrected chi connectivity index (χ1v) is 21.3. The van der Waals surface area contributed by atoms with Crippen molar-refractivity contribution >= 4 is 31.5 Å². The maximum absolute atomic E-state index is 13.5. The number of nitrogens with one attached hydrogen (secondary N) is 4. The van der Waals surface area contributed by atoms with Gasteiger partial charge in [0, 0.05) is 42.7 Å². The molecule has 6 aliphatic rings. The number of hydrogen-bond acceptors (Lipinski definition) is 8. The summed E-state index contributed by atoms with van der Waals surface area (Å²) in [5.41, 5.74) is 8.89. The van der Waals surface area contributed by atoms with Gasteiger partial charge in [-0.25, -0.2) is 10.9 Å². The molecule has 3 saturated carbocycles. The first kappa shape index (κ1) is 33.3. The summed E-state index contributed by atoms with van der Waals surface area (Å²) in [4.78, 5) is 32.3. The Balaban J connectivity index is 1.08. The number of carbonyl (C=O) groups is 1. The zero-order valence-corrected chi connectivity index (χ0v) is 29.3. The average molecular weight is 651 g/mol. The van der Waals surface area contributed by atoms with Gasteiger partial charge in [0.25, 0.3) is 0 Å². The third-order valence-electron chi connectivity index (χ3n) is 12.4. The molecule has 44 heavy (non-hydrogen) atoms. The SMILES string of the molecule is COC1CCC2C(C1)C(C1CCC(Cl)CC1)=N[C@@H](CC(=O)NCCC1CNC3CC([Si](C)(C)O)CCC3C1)C1NNC(C)N21. The van der Waals surface area contributed by atoms with Gasteiger partial charge in [-0.15, -0.1) is 11.6 Å². The molecular formula is C33H59ClN6O3Si. The zero-order valence-electron chi connectivity index (χ0n) is 27.6. The number of piperidine rings is 1. The summed E-state index contributed by atoms with van der Waals surface area (Å²) in [6.07, 6.45) is 14.1. The highest BCUT2D eigenvalue weighted by atomic mass is 35.5. The van der Waals surface area contributed by atoms with Crippen molar-refractivity contribution < 1.29 is 14.3 Å². The Bertz CT molecular complexity index is 1020. The van der Waals surface area contributed by atoms with Gasteiger partial charge in [0.1, 0.15) is 0 Å². The van der Waals surface area contributed by atoms with Crippen LogP contribution < -0.4 is 21.5 Å². The van der Waals surface area contributed by atoms with E-state index in [2.05, 4.69) is 46.4 Å². The smallest absolute Gasteiger partial charge is 0.222 e. The van der Waals surface area contributed by atoms with Gasteiger partial charge in [0.05, 0.1) is 30.9 Å². The molecule has 2 saturated heterocycles. The van der Waals surface area contributed by atoms with Crippen molar-refractivity contribution in [2.75, 3.05) is 20.2 Å². The van der Waals surface area contributed by atoms with E-state index in [0.717, 1.165) is 70.9 Å². The number of alkyl halides is 1. The van der Waals surface area contributed by atoms with Crippen molar-refractivity contribution in [3.8, 4) is 0 Å². The molecule has 0 bridgehead atoms. The molecule has 5 N–H and O–H groups in total. The first-order chi connectivity index (χ1) is 21.1. The van der Waals surface area contributed by atoms with Crippen molar-refractivity contribution in [2.24, 2.45) is 28.7 Å². The van der Waals surface area contributed by atoms with E-state index in [9.17, 15) is 9.59 Å². The summed E-state index contributed by atoms with van der Waals surface area (Å²) in [6, 6.07) is 0.823. The van der Waals surface area contributed by atoms with Gasteiger partial charge in [0.2, 0.25) is 5.91 Å². The zero-order chi connectivity index (χ0) is 31.0. The second kappa shape index (κ2) is 14.3. The normalized spacial score (nSPS) is 43.3. The summed E-state index contributed by atoms with van der Waals surface area (Å²) in [5, 5.41) is 7.40. The molecule has 0 spiro atoms. The van der Waals surface area contributed by atoms with E-state index < -0.39 is 8.32 Å². The number of amides is 1. The molecule has 6 rings (SSSR count). The molecule has 3 heterocycles. The molecule has 9 nitrogen and oxygen atoms in total. The Hall–Kier alpha value is -0.593. The second-order valence-corrected chi connectivity index (χ2v) is 20.4. The highest BCUT2D eigenvalue weighted by molar-refractivity contribution is 6.71. The lowest BCUT2D eigenvalue weighted by Gasteiger charge is -2.45. The number of aliphatic imine (C=N–C) groups is 1. The summed E-state index contributed by atoms with van der Waals surface area (Å²) in [7, 11) is -0.220. The monoisotopic (exact) mass is 650 g/mol. The van der Waals surface area contributed by atoms with Crippen molar-refractivity contribution in [3.63, 3.8) is 0 Å². The number of ether oxygens (including phenoxy) is 1. The predicted molar refractivity (Wildman–Crippen MR) is 179 cm³/mol. The van der Waals surface area contributed by atoms with Crippen LogP contribution in [0.5, 0.6) is 0 Å². The fourth-order valence-electron chi connectivity index (χ4n) is 9.80. The number of nitrogens with zero attached hydrogens (tertiary/aromatic N) is 2. The van der Waals surface area contributed by atoms with Crippen molar-refractivity contribution in [3.05, 3.63) is 0 Å². The Morgan fingerprint density at radius 2 is 1.89 bits per heavy atom. The first-order valence-electron chi connectivity index (χ1n) is 17.9. The fourth-order valence-corrected chi connectivity index (χ4v) is 11.8. The van der Waals surface area contributed by atoms with Crippen molar-refractivity contribution in [1.82, 2.24) is 26.4 Å². The largest absolute Gasteiger partial charge is 0.432 e. The maximum Gasteiger partial charge on any atom is 0.222 e. The molecule has 9 unspecified atom stereocenters. The van der Waals surface area contributed by atoms with E-state index in [1.165, 1.54) is 25.0 Å². The van der Waals surface area contributed by atoms with E-state index in [4.69, 9.17) is 21.3 Å². The summed E-state index contributed by atoms with van der Waals surface area (Å²) in [5.74, 6) is 2.22. The summed E-state index contributed by atoms with van der Waals surface area (Å²) >= 11 is 6.54. The van der Waals surface area contributed by atoms with E-state index >= 15 is 0 Å². The number of halogens is 1. The molecule has 0 aromatic heterocycles. The molecule has 10 atom stereocenters.